The Bertz CT molecular complexity index is 633. The summed E-state index contributed by atoms with van der Waals surface area (Å²) in [5.74, 6) is -0.408. The summed E-state index contributed by atoms with van der Waals surface area (Å²) in [5.41, 5.74) is 1.25. The van der Waals surface area contributed by atoms with Crippen LogP contribution in [-0.2, 0) is 0 Å². The molecule has 2 heterocycles. The molecule has 18 heavy (non-hydrogen) atoms. The first-order valence-electron chi connectivity index (χ1n) is 5.04. The molecule has 2 aromatic heterocycles. The van der Waals surface area contributed by atoms with Gasteiger partial charge in [0.2, 0.25) is 0 Å². The van der Waals surface area contributed by atoms with Crippen LogP contribution in [0, 0.1) is 6.92 Å². The van der Waals surface area contributed by atoms with Gasteiger partial charge in [-0.2, -0.15) is 0 Å². The average molecular weight is 309 g/mol. The average Bonchev–Trinajstić information content (AvgIpc) is 2.34. The second-order valence-electron chi connectivity index (χ2n) is 3.58. The van der Waals surface area contributed by atoms with Crippen LogP contribution in [0.3, 0.4) is 0 Å². The van der Waals surface area contributed by atoms with Gasteiger partial charge in [0, 0.05) is 6.20 Å². The van der Waals surface area contributed by atoms with Gasteiger partial charge < -0.3 is 10.3 Å². The van der Waals surface area contributed by atoms with Gasteiger partial charge >= 0.3 is 0 Å². The van der Waals surface area contributed by atoms with Gasteiger partial charge in [-0.1, -0.05) is 0 Å². The SMILES string of the molecule is Cc1cc(NC(=O)c2c[nH]c(=O)cn2)cnc1Br. The first kappa shape index (κ1) is 12.4. The Balaban J connectivity index is 2.18. The molecule has 0 unspecified atom stereocenters. The van der Waals surface area contributed by atoms with Crippen molar-refractivity contribution < 1.29 is 4.79 Å². The van der Waals surface area contributed by atoms with E-state index in [0.717, 1.165) is 16.4 Å². The van der Waals surface area contributed by atoms with E-state index >= 15 is 0 Å². The van der Waals surface area contributed by atoms with Gasteiger partial charge in [0.15, 0.2) is 0 Å². The standard InChI is InChI=1S/C11H9BrN4O2/c1-6-2-7(3-15-10(6)12)16-11(18)8-4-14-9(17)5-13-8/h2-5H,1H3,(H,14,17)(H,16,18). The van der Waals surface area contributed by atoms with Crippen LogP contribution in [-0.4, -0.2) is 20.9 Å². The third kappa shape index (κ3) is 2.80. The van der Waals surface area contributed by atoms with E-state index in [1.165, 1.54) is 12.4 Å². The third-order valence-corrected chi connectivity index (χ3v) is 3.01. The van der Waals surface area contributed by atoms with Gasteiger partial charge in [-0.25, -0.2) is 9.97 Å². The summed E-state index contributed by atoms with van der Waals surface area (Å²) in [4.78, 5) is 32.8. The Kier molecular flexibility index (Phi) is 3.52. The molecule has 0 aliphatic heterocycles. The summed E-state index contributed by atoms with van der Waals surface area (Å²) in [6, 6.07) is 1.78. The Morgan fingerprint density at radius 2 is 2.17 bits per heavy atom. The van der Waals surface area contributed by atoms with E-state index in [1.54, 1.807) is 6.07 Å². The second kappa shape index (κ2) is 5.09. The summed E-state index contributed by atoms with van der Waals surface area (Å²) in [6.45, 7) is 1.87. The Morgan fingerprint density at radius 1 is 1.39 bits per heavy atom. The van der Waals surface area contributed by atoms with Crippen molar-refractivity contribution in [1.82, 2.24) is 15.0 Å². The zero-order valence-corrected chi connectivity index (χ0v) is 11.0. The van der Waals surface area contributed by atoms with Crippen molar-refractivity contribution in [3.05, 3.63) is 50.9 Å². The lowest BCUT2D eigenvalue weighted by molar-refractivity contribution is 0.102. The minimum Gasteiger partial charge on any atom is -0.325 e. The van der Waals surface area contributed by atoms with Crippen molar-refractivity contribution in [3.8, 4) is 0 Å². The van der Waals surface area contributed by atoms with Crippen LogP contribution in [0.5, 0.6) is 0 Å². The van der Waals surface area contributed by atoms with Crippen molar-refractivity contribution in [1.29, 1.82) is 0 Å². The number of anilines is 1. The van der Waals surface area contributed by atoms with Gasteiger partial charge in [0.1, 0.15) is 10.3 Å². The number of amides is 1. The number of aryl methyl sites for hydroxylation is 1. The molecule has 0 aromatic carbocycles. The number of carbonyl (C=O) groups excluding carboxylic acids is 1. The number of H-pyrrole nitrogens is 1. The molecule has 0 aliphatic carbocycles. The first-order valence-corrected chi connectivity index (χ1v) is 5.84. The summed E-state index contributed by atoms with van der Waals surface area (Å²) < 4.78 is 0.725. The maximum Gasteiger partial charge on any atom is 0.275 e. The lowest BCUT2D eigenvalue weighted by Crippen LogP contribution is -2.17. The van der Waals surface area contributed by atoms with Crippen molar-refractivity contribution in [2.24, 2.45) is 0 Å². The number of hydrogen-bond donors (Lipinski definition) is 2. The number of rotatable bonds is 2. The zero-order valence-electron chi connectivity index (χ0n) is 9.40. The van der Waals surface area contributed by atoms with Crippen LogP contribution < -0.4 is 10.9 Å². The summed E-state index contributed by atoms with van der Waals surface area (Å²) >= 11 is 3.27. The lowest BCUT2D eigenvalue weighted by atomic mass is 10.3. The van der Waals surface area contributed by atoms with Crippen molar-refractivity contribution in [2.45, 2.75) is 6.92 Å². The molecule has 2 aromatic rings. The van der Waals surface area contributed by atoms with Crippen molar-refractivity contribution in [2.75, 3.05) is 5.32 Å². The summed E-state index contributed by atoms with van der Waals surface area (Å²) in [6.07, 6.45) is 3.84. The highest BCUT2D eigenvalue weighted by atomic mass is 79.9. The first-order chi connectivity index (χ1) is 8.56. The van der Waals surface area contributed by atoms with E-state index in [4.69, 9.17) is 0 Å². The molecule has 6 nitrogen and oxygen atoms in total. The van der Waals surface area contributed by atoms with Crippen LogP contribution in [0.1, 0.15) is 16.1 Å². The van der Waals surface area contributed by atoms with Crippen molar-refractivity contribution in [3.63, 3.8) is 0 Å². The highest BCUT2D eigenvalue weighted by Crippen LogP contribution is 2.16. The topological polar surface area (TPSA) is 87.7 Å². The molecule has 0 saturated heterocycles. The molecule has 1 amide bonds. The lowest BCUT2D eigenvalue weighted by Gasteiger charge is -2.05. The highest BCUT2D eigenvalue weighted by Gasteiger charge is 2.08. The highest BCUT2D eigenvalue weighted by molar-refractivity contribution is 9.10. The van der Waals surface area contributed by atoms with E-state index in [0.29, 0.717) is 5.69 Å². The molecule has 0 aliphatic rings. The molecule has 2 rings (SSSR count). The number of nitrogens with zero attached hydrogens (tertiary/aromatic N) is 2. The zero-order chi connectivity index (χ0) is 13.1. The molecule has 0 fully saturated rings. The van der Waals surface area contributed by atoms with Crippen molar-refractivity contribution >= 4 is 27.5 Å². The fourth-order valence-corrected chi connectivity index (χ4v) is 1.50. The number of carbonyl (C=O) groups is 1. The third-order valence-electron chi connectivity index (χ3n) is 2.18. The quantitative estimate of drug-likeness (QED) is 0.823. The number of halogens is 1. The van der Waals surface area contributed by atoms with Crippen LogP contribution in [0.2, 0.25) is 0 Å². The van der Waals surface area contributed by atoms with Crippen LogP contribution in [0.25, 0.3) is 0 Å². The molecule has 2 N–H and O–H groups in total. The van der Waals surface area contributed by atoms with Gasteiger partial charge in [-0.15, -0.1) is 0 Å². The molecule has 0 saturated carbocycles. The van der Waals surface area contributed by atoms with Gasteiger partial charge in [-0.3, -0.25) is 9.59 Å². The number of aromatic amines is 1. The second-order valence-corrected chi connectivity index (χ2v) is 4.33. The van der Waals surface area contributed by atoms with Gasteiger partial charge in [0.05, 0.1) is 18.1 Å². The maximum absolute atomic E-state index is 11.8. The summed E-state index contributed by atoms with van der Waals surface area (Å²) in [5, 5.41) is 2.64. The minimum atomic E-state index is -0.408. The van der Waals surface area contributed by atoms with Crippen LogP contribution in [0.15, 0.2) is 34.1 Å². The largest absolute Gasteiger partial charge is 0.325 e. The Labute approximate surface area is 111 Å². The Hall–Kier alpha value is -2.02. The van der Waals surface area contributed by atoms with Gasteiger partial charge in [-0.05, 0) is 34.5 Å². The molecule has 7 heteroatoms. The monoisotopic (exact) mass is 308 g/mol. The fourth-order valence-electron chi connectivity index (χ4n) is 1.29. The molecule has 92 valence electrons. The predicted octanol–water partition coefficient (Wildman–Crippen LogP) is 1.49. The Morgan fingerprint density at radius 3 is 2.78 bits per heavy atom. The predicted molar refractivity (Wildman–Crippen MR) is 69.5 cm³/mol. The number of pyridine rings is 1. The molecule has 0 atom stereocenters. The smallest absolute Gasteiger partial charge is 0.275 e. The number of hydrogen-bond acceptors (Lipinski definition) is 4. The van der Waals surface area contributed by atoms with Crippen LogP contribution in [0.4, 0.5) is 5.69 Å². The van der Waals surface area contributed by atoms with Crippen LogP contribution >= 0.6 is 15.9 Å². The van der Waals surface area contributed by atoms with E-state index in [-0.39, 0.29) is 11.3 Å². The molecule has 0 spiro atoms. The molecular weight excluding hydrogens is 300 g/mol. The molecule has 0 bridgehead atoms. The molecular formula is C11H9BrN4O2. The van der Waals surface area contributed by atoms with E-state index in [9.17, 15) is 9.59 Å². The van der Waals surface area contributed by atoms with E-state index in [2.05, 4.69) is 36.2 Å². The fraction of sp³-hybridized carbons (Fsp3) is 0.0909. The maximum atomic E-state index is 11.8. The van der Waals surface area contributed by atoms with E-state index < -0.39 is 5.91 Å². The van der Waals surface area contributed by atoms with Gasteiger partial charge in [0.25, 0.3) is 11.5 Å². The normalized spacial score (nSPS) is 10.1. The number of nitrogens with one attached hydrogen (secondary N) is 2. The number of aromatic nitrogens is 3. The minimum absolute atomic E-state index is 0.134. The van der Waals surface area contributed by atoms with E-state index in [1.807, 2.05) is 6.92 Å². The molecule has 0 radical (unpaired) electrons. The summed E-state index contributed by atoms with van der Waals surface area (Å²) in [7, 11) is 0.